The van der Waals surface area contributed by atoms with Gasteiger partial charge in [0.2, 0.25) is 0 Å². The van der Waals surface area contributed by atoms with E-state index in [4.69, 9.17) is 5.73 Å². The number of hydrogen-bond acceptors (Lipinski definition) is 2. The van der Waals surface area contributed by atoms with E-state index in [9.17, 15) is 4.79 Å². The highest BCUT2D eigenvalue weighted by atomic mass is 16.1. The van der Waals surface area contributed by atoms with Crippen molar-refractivity contribution in [3.63, 3.8) is 0 Å². The number of amidine groups is 1. The second-order valence-electron chi connectivity index (χ2n) is 6.22. The molecule has 1 atom stereocenters. The molecule has 0 aliphatic carbocycles. The highest BCUT2D eigenvalue weighted by molar-refractivity contribution is 5.82. The minimum Gasteiger partial charge on any atom is -0.387 e. The predicted molar refractivity (Wildman–Crippen MR) is 96.8 cm³/mol. The van der Waals surface area contributed by atoms with Gasteiger partial charge in [0.25, 0.3) is 0 Å². The van der Waals surface area contributed by atoms with Gasteiger partial charge in [0.15, 0.2) is 0 Å². The number of nitrogens with zero attached hydrogens (tertiary/aromatic N) is 1. The molecule has 23 heavy (non-hydrogen) atoms. The topological polar surface area (TPSA) is 55.4 Å². The van der Waals surface area contributed by atoms with Crippen molar-refractivity contribution in [2.24, 2.45) is 10.7 Å². The Kier molecular flexibility index (Phi) is 5.32. The first-order valence-corrected chi connectivity index (χ1v) is 7.81. The summed E-state index contributed by atoms with van der Waals surface area (Å²) < 4.78 is 0. The van der Waals surface area contributed by atoms with Crippen LogP contribution in [0.15, 0.2) is 53.5 Å². The molecule has 0 heterocycles. The Morgan fingerprint density at radius 3 is 2.48 bits per heavy atom. The summed E-state index contributed by atoms with van der Waals surface area (Å²) in [5.41, 5.74) is 10.2. The summed E-state index contributed by atoms with van der Waals surface area (Å²) in [5, 5.41) is 0. The molecule has 3 nitrogen and oxygen atoms in total. The third-order valence-electron chi connectivity index (χ3n) is 4.39. The third-order valence-corrected chi connectivity index (χ3v) is 4.39. The number of aldehydes is 1. The van der Waals surface area contributed by atoms with Crippen LogP contribution in [0.25, 0.3) is 11.1 Å². The maximum absolute atomic E-state index is 11.2. The van der Waals surface area contributed by atoms with E-state index >= 15 is 0 Å². The van der Waals surface area contributed by atoms with Gasteiger partial charge in [-0.25, -0.2) is 0 Å². The summed E-state index contributed by atoms with van der Waals surface area (Å²) in [6.45, 7) is 4.16. The molecule has 0 aliphatic rings. The Hall–Kier alpha value is -2.42. The number of carbonyl (C=O) groups excluding carboxylic acids is 1. The fraction of sp³-hybridized carbons (Fsp3) is 0.300. The summed E-state index contributed by atoms with van der Waals surface area (Å²) in [6, 6.07) is 16.7. The first-order chi connectivity index (χ1) is 11.0. The van der Waals surface area contributed by atoms with Crippen LogP contribution in [-0.2, 0) is 10.2 Å². The summed E-state index contributed by atoms with van der Waals surface area (Å²) in [4.78, 5) is 15.3. The van der Waals surface area contributed by atoms with Crippen LogP contribution in [0.3, 0.4) is 0 Å². The molecule has 2 aromatic carbocycles. The van der Waals surface area contributed by atoms with E-state index in [2.05, 4.69) is 49.2 Å². The maximum Gasteiger partial charge on any atom is 0.120 e. The molecule has 0 spiro atoms. The van der Waals surface area contributed by atoms with E-state index < -0.39 is 0 Å². The Bertz CT molecular complexity index is 707. The van der Waals surface area contributed by atoms with Crippen molar-refractivity contribution in [1.29, 1.82) is 0 Å². The van der Waals surface area contributed by atoms with Crippen LogP contribution in [0.2, 0.25) is 0 Å². The van der Waals surface area contributed by atoms with Crippen LogP contribution in [-0.4, -0.2) is 19.2 Å². The zero-order chi connectivity index (χ0) is 16.9. The zero-order valence-electron chi connectivity index (χ0n) is 14.0. The lowest BCUT2D eigenvalue weighted by Gasteiger charge is -2.30. The van der Waals surface area contributed by atoms with Crippen LogP contribution in [0.4, 0.5) is 0 Å². The molecular weight excluding hydrogens is 284 g/mol. The van der Waals surface area contributed by atoms with Crippen molar-refractivity contribution >= 4 is 12.1 Å². The van der Waals surface area contributed by atoms with Gasteiger partial charge >= 0.3 is 0 Å². The number of nitrogens with two attached hydrogens (primary N) is 1. The van der Waals surface area contributed by atoms with Crippen LogP contribution in [0, 0.1) is 6.92 Å². The molecule has 0 saturated heterocycles. The molecule has 0 aliphatic heterocycles. The van der Waals surface area contributed by atoms with Crippen LogP contribution in [0.5, 0.6) is 0 Å². The second-order valence-corrected chi connectivity index (χ2v) is 6.22. The monoisotopic (exact) mass is 308 g/mol. The smallest absolute Gasteiger partial charge is 0.120 e. The average Bonchev–Trinajstić information content (AvgIpc) is 2.56. The average molecular weight is 308 g/mol. The minimum atomic E-state index is -0.347. The van der Waals surface area contributed by atoms with Crippen molar-refractivity contribution in [3.8, 4) is 11.1 Å². The molecule has 0 fully saturated rings. The van der Waals surface area contributed by atoms with E-state index in [0.717, 1.165) is 23.0 Å². The van der Waals surface area contributed by atoms with Gasteiger partial charge in [-0.2, -0.15) is 0 Å². The zero-order valence-corrected chi connectivity index (χ0v) is 14.0. The van der Waals surface area contributed by atoms with Gasteiger partial charge in [-0.1, -0.05) is 55.5 Å². The van der Waals surface area contributed by atoms with Crippen molar-refractivity contribution < 1.29 is 4.79 Å². The normalized spacial score (nSPS) is 14.3. The third kappa shape index (κ3) is 3.86. The Morgan fingerprint density at radius 2 is 1.87 bits per heavy atom. The summed E-state index contributed by atoms with van der Waals surface area (Å²) in [5.74, 6) is 0.568. The van der Waals surface area contributed by atoms with Gasteiger partial charge in [-0.05, 0) is 29.2 Å². The molecule has 1 unspecified atom stereocenters. The molecule has 3 heteroatoms. The standard InChI is InChI=1S/C20H24N2O/c1-15-9-10-17(16-7-5-4-6-8-16)13-18(15)20(2,11-12-23)14-19(21)22-3/h4-10,12-13H,11,14H2,1-3H3,(H2,21,22). The van der Waals surface area contributed by atoms with Crippen molar-refractivity contribution in [2.75, 3.05) is 7.05 Å². The summed E-state index contributed by atoms with van der Waals surface area (Å²) in [7, 11) is 1.68. The molecule has 120 valence electrons. The quantitative estimate of drug-likeness (QED) is 0.500. The summed E-state index contributed by atoms with van der Waals surface area (Å²) >= 11 is 0. The largest absolute Gasteiger partial charge is 0.387 e. The van der Waals surface area contributed by atoms with Gasteiger partial charge in [0, 0.05) is 25.3 Å². The van der Waals surface area contributed by atoms with Crippen LogP contribution >= 0.6 is 0 Å². The molecule has 0 saturated carbocycles. The molecule has 0 aromatic heterocycles. The summed E-state index contributed by atoms with van der Waals surface area (Å²) in [6.07, 6.45) is 1.96. The highest BCUT2D eigenvalue weighted by Crippen LogP contribution is 2.35. The number of benzene rings is 2. The minimum absolute atomic E-state index is 0.347. The molecule has 2 N–H and O–H groups in total. The number of carbonyl (C=O) groups is 1. The lowest BCUT2D eigenvalue weighted by atomic mass is 9.74. The highest BCUT2D eigenvalue weighted by Gasteiger charge is 2.29. The molecule has 0 amide bonds. The van der Waals surface area contributed by atoms with E-state index in [0.29, 0.717) is 18.7 Å². The van der Waals surface area contributed by atoms with Gasteiger partial charge < -0.3 is 10.5 Å². The van der Waals surface area contributed by atoms with Crippen molar-refractivity contribution in [2.45, 2.75) is 32.1 Å². The lowest BCUT2D eigenvalue weighted by Crippen LogP contribution is -2.30. The van der Waals surface area contributed by atoms with Crippen molar-refractivity contribution in [3.05, 3.63) is 59.7 Å². The molecular formula is C20H24N2O. The SMILES string of the molecule is CN=C(N)CC(C)(CC=O)c1cc(-c2ccccc2)ccc1C. The maximum atomic E-state index is 11.2. The number of aliphatic imine (C=N–C) groups is 1. The van der Waals surface area contributed by atoms with Gasteiger partial charge in [-0.15, -0.1) is 0 Å². The van der Waals surface area contributed by atoms with E-state index in [-0.39, 0.29) is 5.41 Å². The van der Waals surface area contributed by atoms with E-state index in [1.807, 2.05) is 18.2 Å². The van der Waals surface area contributed by atoms with Gasteiger partial charge in [0.1, 0.15) is 6.29 Å². The van der Waals surface area contributed by atoms with Gasteiger partial charge in [-0.3, -0.25) is 4.99 Å². The lowest BCUT2D eigenvalue weighted by molar-refractivity contribution is -0.108. The van der Waals surface area contributed by atoms with Gasteiger partial charge in [0.05, 0.1) is 5.84 Å². The molecule has 2 aromatic rings. The predicted octanol–water partition coefficient (Wildman–Crippen LogP) is 3.89. The number of hydrogen-bond donors (Lipinski definition) is 1. The fourth-order valence-corrected chi connectivity index (χ4v) is 3.02. The van der Waals surface area contributed by atoms with E-state index in [1.54, 1.807) is 7.05 Å². The molecule has 0 radical (unpaired) electrons. The Balaban J connectivity index is 2.52. The Labute approximate surface area is 138 Å². The van der Waals surface area contributed by atoms with E-state index in [1.165, 1.54) is 5.56 Å². The van der Waals surface area contributed by atoms with Crippen molar-refractivity contribution in [1.82, 2.24) is 0 Å². The second kappa shape index (κ2) is 7.23. The van der Waals surface area contributed by atoms with Crippen LogP contribution < -0.4 is 5.73 Å². The molecule has 0 bridgehead atoms. The Morgan fingerprint density at radius 1 is 1.17 bits per heavy atom. The first kappa shape index (κ1) is 16.9. The number of rotatable bonds is 6. The number of aryl methyl sites for hydroxylation is 1. The fourth-order valence-electron chi connectivity index (χ4n) is 3.02. The molecule has 2 rings (SSSR count). The first-order valence-electron chi connectivity index (χ1n) is 7.81. The van der Waals surface area contributed by atoms with Crippen LogP contribution in [0.1, 0.15) is 30.9 Å².